The lowest BCUT2D eigenvalue weighted by Gasteiger charge is -2.13. The molecule has 1 aliphatic rings. The van der Waals surface area contributed by atoms with E-state index in [0.29, 0.717) is 12.1 Å². The number of amides is 1. The van der Waals surface area contributed by atoms with Crippen LogP contribution < -0.4 is 5.32 Å². The lowest BCUT2D eigenvalue weighted by Crippen LogP contribution is -2.18. The first-order valence-electron chi connectivity index (χ1n) is 10.8. The van der Waals surface area contributed by atoms with Gasteiger partial charge >= 0.3 is 0 Å². The van der Waals surface area contributed by atoms with Crippen molar-refractivity contribution in [2.45, 2.75) is 38.7 Å². The second-order valence-corrected chi connectivity index (χ2v) is 8.62. The van der Waals surface area contributed by atoms with Crippen molar-refractivity contribution in [3.05, 3.63) is 48.2 Å². The number of alkyl halides is 2. The largest absolute Gasteiger partial charge is 0.387 e. The second-order valence-electron chi connectivity index (χ2n) is 8.62. The van der Waals surface area contributed by atoms with Crippen molar-refractivity contribution in [3.63, 3.8) is 0 Å². The summed E-state index contributed by atoms with van der Waals surface area (Å²) in [4.78, 5) is 25.4. The molecule has 33 heavy (non-hydrogen) atoms. The Morgan fingerprint density at radius 3 is 2.67 bits per heavy atom. The number of carbonyl (C=O) groups excluding carboxylic acids is 1. The first-order valence-corrected chi connectivity index (χ1v) is 10.8. The standard InChI is InChI=1S/C24H23F2N5O2/c1-4-19(32)18-5-12(2)16(10-27-18)15-6-13-9-28-20(30-23(33)17-8-24(17,25)26)7-14(13)22-21(15)29-11-31(22)3/h5-7,9-11,17,19,32H,4,8H2,1-3H3,(H,28,30,33)/t17-,19?/m1/s1. The summed E-state index contributed by atoms with van der Waals surface area (Å²) in [5.41, 5.74) is 4.92. The summed E-state index contributed by atoms with van der Waals surface area (Å²) in [6, 6.07) is 5.53. The van der Waals surface area contributed by atoms with E-state index in [9.17, 15) is 18.7 Å². The van der Waals surface area contributed by atoms with Crippen molar-refractivity contribution in [2.24, 2.45) is 13.0 Å². The van der Waals surface area contributed by atoms with E-state index in [4.69, 9.17) is 0 Å². The highest BCUT2D eigenvalue weighted by atomic mass is 19.3. The Balaban J connectivity index is 1.60. The third kappa shape index (κ3) is 3.62. The molecule has 7 nitrogen and oxygen atoms in total. The molecule has 1 aliphatic carbocycles. The van der Waals surface area contributed by atoms with Crippen LogP contribution in [0.25, 0.3) is 32.9 Å². The highest BCUT2D eigenvalue weighted by Gasteiger charge is 2.61. The third-order valence-corrected chi connectivity index (χ3v) is 6.23. The van der Waals surface area contributed by atoms with Gasteiger partial charge in [0.2, 0.25) is 5.91 Å². The van der Waals surface area contributed by atoms with Crippen LogP contribution in [0.2, 0.25) is 0 Å². The average molecular weight is 451 g/mol. The number of carbonyl (C=O) groups is 1. The van der Waals surface area contributed by atoms with Gasteiger partial charge in [-0.3, -0.25) is 9.78 Å². The van der Waals surface area contributed by atoms with Crippen molar-refractivity contribution < 1.29 is 18.7 Å². The van der Waals surface area contributed by atoms with Crippen molar-refractivity contribution in [3.8, 4) is 11.1 Å². The van der Waals surface area contributed by atoms with Crippen LogP contribution in [0.1, 0.15) is 37.1 Å². The summed E-state index contributed by atoms with van der Waals surface area (Å²) in [5, 5.41) is 14.3. The van der Waals surface area contributed by atoms with Crippen LogP contribution in [0.4, 0.5) is 14.6 Å². The van der Waals surface area contributed by atoms with E-state index in [2.05, 4.69) is 20.3 Å². The number of aryl methyl sites for hydroxylation is 2. The van der Waals surface area contributed by atoms with Crippen LogP contribution in [0.15, 0.2) is 36.9 Å². The molecular formula is C24H23F2N5O2. The highest BCUT2D eigenvalue weighted by Crippen LogP contribution is 2.49. The minimum absolute atomic E-state index is 0.223. The third-order valence-electron chi connectivity index (χ3n) is 6.23. The maximum atomic E-state index is 13.2. The maximum Gasteiger partial charge on any atom is 0.260 e. The number of fused-ring (bicyclic) bond motifs is 3. The minimum atomic E-state index is -2.93. The van der Waals surface area contributed by atoms with E-state index >= 15 is 0 Å². The first kappa shape index (κ1) is 21.4. The molecule has 1 amide bonds. The van der Waals surface area contributed by atoms with Crippen LogP contribution >= 0.6 is 0 Å². The normalized spacial score (nSPS) is 17.9. The maximum absolute atomic E-state index is 13.2. The number of halogens is 2. The molecule has 3 aromatic heterocycles. The Morgan fingerprint density at radius 2 is 2.00 bits per heavy atom. The van der Waals surface area contributed by atoms with Crippen molar-refractivity contribution in [1.82, 2.24) is 19.5 Å². The molecule has 0 radical (unpaired) electrons. The molecule has 3 heterocycles. The van der Waals surface area contributed by atoms with Gasteiger partial charge in [-0.2, -0.15) is 0 Å². The molecular weight excluding hydrogens is 428 g/mol. The topological polar surface area (TPSA) is 92.9 Å². The van der Waals surface area contributed by atoms with Gasteiger partial charge in [0, 0.05) is 47.8 Å². The van der Waals surface area contributed by atoms with E-state index in [-0.39, 0.29) is 5.82 Å². The van der Waals surface area contributed by atoms with E-state index < -0.39 is 30.3 Å². The number of aromatic nitrogens is 4. The predicted molar refractivity (Wildman–Crippen MR) is 121 cm³/mol. The molecule has 0 aliphatic heterocycles. The lowest BCUT2D eigenvalue weighted by atomic mass is 9.97. The van der Waals surface area contributed by atoms with Crippen LogP contribution in [0.3, 0.4) is 0 Å². The van der Waals surface area contributed by atoms with Gasteiger partial charge in [0.15, 0.2) is 0 Å². The Morgan fingerprint density at radius 1 is 1.24 bits per heavy atom. The van der Waals surface area contributed by atoms with Crippen molar-refractivity contribution in [2.75, 3.05) is 5.32 Å². The van der Waals surface area contributed by atoms with Gasteiger partial charge in [0.25, 0.3) is 5.92 Å². The molecule has 1 aromatic carbocycles. The van der Waals surface area contributed by atoms with Gasteiger partial charge < -0.3 is 15.0 Å². The number of nitrogens with one attached hydrogen (secondary N) is 1. The summed E-state index contributed by atoms with van der Waals surface area (Å²) in [5.74, 6) is -4.72. The molecule has 170 valence electrons. The van der Waals surface area contributed by atoms with Gasteiger partial charge in [-0.25, -0.2) is 18.7 Å². The fourth-order valence-electron chi connectivity index (χ4n) is 4.19. The zero-order valence-corrected chi connectivity index (χ0v) is 18.4. The predicted octanol–water partition coefficient (Wildman–Crippen LogP) is 4.53. The first-order chi connectivity index (χ1) is 15.7. The summed E-state index contributed by atoms with van der Waals surface area (Å²) in [7, 11) is 1.87. The van der Waals surface area contributed by atoms with Crippen LogP contribution in [0, 0.1) is 12.8 Å². The number of pyridine rings is 2. The van der Waals surface area contributed by atoms with Gasteiger partial charge in [-0.1, -0.05) is 6.92 Å². The monoisotopic (exact) mass is 451 g/mol. The molecule has 5 rings (SSSR count). The number of imidazole rings is 1. The molecule has 2 N–H and O–H groups in total. The Bertz CT molecular complexity index is 1420. The summed E-state index contributed by atoms with van der Waals surface area (Å²) < 4.78 is 28.4. The van der Waals surface area contributed by atoms with Crippen molar-refractivity contribution in [1.29, 1.82) is 0 Å². The number of nitrogens with zero attached hydrogens (tertiary/aromatic N) is 4. The number of hydrogen-bond donors (Lipinski definition) is 2. The molecule has 1 fully saturated rings. The number of aliphatic hydroxyl groups is 1. The number of hydrogen-bond acceptors (Lipinski definition) is 5. The van der Waals surface area contributed by atoms with E-state index in [1.165, 1.54) is 0 Å². The number of benzene rings is 1. The van der Waals surface area contributed by atoms with E-state index in [0.717, 1.165) is 38.5 Å². The van der Waals surface area contributed by atoms with E-state index in [1.807, 2.05) is 37.6 Å². The van der Waals surface area contributed by atoms with Gasteiger partial charge in [-0.15, -0.1) is 0 Å². The smallest absolute Gasteiger partial charge is 0.260 e. The summed E-state index contributed by atoms with van der Waals surface area (Å²) in [6.45, 7) is 3.86. The molecule has 9 heteroatoms. The molecule has 4 aromatic rings. The Labute approximate surface area is 188 Å². The lowest BCUT2D eigenvalue weighted by molar-refractivity contribution is -0.119. The molecule has 0 saturated heterocycles. The summed E-state index contributed by atoms with van der Waals surface area (Å²) >= 11 is 0. The van der Waals surface area contributed by atoms with Gasteiger partial charge in [0.1, 0.15) is 11.7 Å². The minimum Gasteiger partial charge on any atom is -0.387 e. The highest BCUT2D eigenvalue weighted by molar-refractivity contribution is 6.12. The zero-order chi connectivity index (χ0) is 23.5. The second kappa shape index (κ2) is 7.55. The zero-order valence-electron chi connectivity index (χ0n) is 18.4. The fourth-order valence-corrected chi connectivity index (χ4v) is 4.19. The molecule has 0 bridgehead atoms. The molecule has 2 atom stereocenters. The quantitative estimate of drug-likeness (QED) is 0.465. The summed E-state index contributed by atoms with van der Waals surface area (Å²) in [6.07, 6.45) is 4.60. The Kier molecular flexibility index (Phi) is 4.89. The van der Waals surface area contributed by atoms with Crippen LogP contribution in [-0.4, -0.2) is 36.5 Å². The molecule has 1 saturated carbocycles. The number of anilines is 1. The average Bonchev–Trinajstić information content (AvgIpc) is 3.26. The molecule has 1 unspecified atom stereocenters. The van der Waals surface area contributed by atoms with E-state index in [1.54, 1.807) is 24.8 Å². The van der Waals surface area contributed by atoms with Gasteiger partial charge in [-0.05, 0) is 37.1 Å². The fraction of sp³-hybridized carbons (Fsp3) is 0.333. The number of rotatable bonds is 5. The molecule has 0 spiro atoms. The van der Waals surface area contributed by atoms with Crippen molar-refractivity contribution >= 4 is 33.5 Å². The Hall–Kier alpha value is -3.46. The number of aliphatic hydroxyl groups excluding tert-OH is 1. The van der Waals surface area contributed by atoms with Crippen LogP contribution in [0.5, 0.6) is 0 Å². The SMILES string of the molecule is CCC(O)c1cc(C)c(-c2cc3cnc(NC(=O)[C@H]4CC4(F)F)cc3c3c2ncn3C)cn1. The van der Waals surface area contributed by atoms with Crippen LogP contribution in [-0.2, 0) is 11.8 Å². The van der Waals surface area contributed by atoms with Gasteiger partial charge in [0.05, 0.1) is 29.2 Å².